The molecule has 3 fully saturated rings. The van der Waals surface area contributed by atoms with Gasteiger partial charge >= 0.3 is 0 Å². The number of hydrogen-bond donors (Lipinski definition) is 1. The monoisotopic (exact) mass is 344 g/mol. The van der Waals surface area contributed by atoms with Gasteiger partial charge in [-0.15, -0.1) is 0 Å². The summed E-state index contributed by atoms with van der Waals surface area (Å²) in [6, 6.07) is 0. The second-order valence-electron chi connectivity index (χ2n) is 10.7. The van der Waals surface area contributed by atoms with E-state index in [0.717, 1.165) is 42.4 Å². The highest BCUT2D eigenvalue weighted by molar-refractivity contribution is 5.29. The molecule has 0 radical (unpaired) electrons. The fourth-order valence-electron chi connectivity index (χ4n) is 8.13. The predicted molar refractivity (Wildman–Crippen MR) is 105 cm³/mol. The van der Waals surface area contributed by atoms with Gasteiger partial charge < -0.3 is 5.11 Å². The maximum atomic E-state index is 10.2. The van der Waals surface area contributed by atoms with Crippen molar-refractivity contribution in [3.05, 3.63) is 11.6 Å². The van der Waals surface area contributed by atoms with E-state index in [0.29, 0.717) is 10.8 Å². The van der Waals surface area contributed by atoms with Crippen LogP contribution in [0.1, 0.15) is 91.9 Å². The summed E-state index contributed by atoms with van der Waals surface area (Å²) in [6.45, 7) is 10.1. The summed E-state index contributed by atoms with van der Waals surface area (Å²) in [4.78, 5) is 0. The lowest BCUT2D eigenvalue weighted by atomic mass is 9.48. The summed E-state index contributed by atoms with van der Waals surface area (Å²) in [5.74, 6) is 4.36. The van der Waals surface area contributed by atoms with Crippen molar-refractivity contribution >= 4 is 0 Å². The second-order valence-corrected chi connectivity index (χ2v) is 10.7. The highest BCUT2D eigenvalue weighted by atomic mass is 16.3. The molecule has 0 heterocycles. The van der Waals surface area contributed by atoms with Crippen molar-refractivity contribution in [1.29, 1.82) is 0 Å². The SMILES string of the molecule is CCC[C@@H](C)[C@H]1CCC2C3CCC4C[C@H](O)CC[C@]4(C)C3=CC[C@@]21C. The number of allylic oxidation sites excluding steroid dienone is 2. The van der Waals surface area contributed by atoms with E-state index in [4.69, 9.17) is 0 Å². The minimum atomic E-state index is -0.0326. The summed E-state index contributed by atoms with van der Waals surface area (Å²) in [5, 5.41) is 10.2. The smallest absolute Gasteiger partial charge is 0.0543 e. The van der Waals surface area contributed by atoms with Gasteiger partial charge in [-0.25, -0.2) is 0 Å². The molecule has 1 N–H and O–H groups in total. The van der Waals surface area contributed by atoms with E-state index in [9.17, 15) is 5.11 Å². The Morgan fingerprint density at radius 2 is 1.96 bits per heavy atom. The van der Waals surface area contributed by atoms with Gasteiger partial charge in [0.15, 0.2) is 0 Å². The van der Waals surface area contributed by atoms with Gasteiger partial charge in [0.05, 0.1) is 6.10 Å². The highest BCUT2D eigenvalue weighted by Crippen LogP contribution is 2.66. The number of aliphatic hydroxyl groups excluding tert-OH is 1. The Labute approximate surface area is 155 Å². The standard InChI is InChI=1S/C24H40O/c1-5-6-16(2)20-9-10-21-19-8-7-17-15-18(25)11-13-23(17,3)22(19)12-14-24(20,21)4/h12,16-21,25H,5-11,13-15H2,1-4H3/t16-,17?,18-,19?,20-,21?,23+,24-/m1/s1. The summed E-state index contributed by atoms with van der Waals surface area (Å²) >= 11 is 0. The molecule has 8 atom stereocenters. The molecule has 0 aromatic heterocycles. The van der Waals surface area contributed by atoms with Crippen molar-refractivity contribution in [2.75, 3.05) is 0 Å². The molecular weight excluding hydrogens is 304 g/mol. The van der Waals surface area contributed by atoms with Gasteiger partial charge in [-0.3, -0.25) is 0 Å². The van der Waals surface area contributed by atoms with Gasteiger partial charge in [0, 0.05) is 0 Å². The van der Waals surface area contributed by atoms with Crippen molar-refractivity contribution in [3.8, 4) is 0 Å². The van der Waals surface area contributed by atoms with Crippen LogP contribution in [0.2, 0.25) is 0 Å². The number of rotatable bonds is 3. The van der Waals surface area contributed by atoms with Gasteiger partial charge in [-0.05, 0) is 91.8 Å². The summed E-state index contributed by atoms with van der Waals surface area (Å²) in [5.41, 5.74) is 2.79. The van der Waals surface area contributed by atoms with Crippen LogP contribution >= 0.6 is 0 Å². The van der Waals surface area contributed by atoms with Crippen molar-refractivity contribution in [2.24, 2.45) is 40.4 Å². The number of hydrogen-bond acceptors (Lipinski definition) is 1. The highest BCUT2D eigenvalue weighted by Gasteiger charge is 2.57. The zero-order chi connectivity index (χ0) is 17.8. The summed E-state index contributed by atoms with van der Waals surface area (Å²) < 4.78 is 0. The van der Waals surface area contributed by atoms with Crippen molar-refractivity contribution in [3.63, 3.8) is 0 Å². The molecule has 0 spiro atoms. The van der Waals surface area contributed by atoms with Gasteiger partial charge in [0.1, 0.15) is 0 Å². The molecule has 3 saturated carbocycles. The van der Waals surface area contributed by atoms with Crippen LogP contribution in [-0.4, -0.2) is 11.2 Å². The minimum absolute atomic E-state index is 0.0326. The molecule has 4 aliphatic rings. The van der Waals surface area contributed by atoms with Crippen LogP contribution in [0.5, 0.6) is 0 Å². The first-order chi connectivity index (χ1) is 11.9. The lowest BCUT2D eigenvalue weighted by Gasteiger charge is -2.57. The minimum Gasteiger partial charge on any atom is -0.393 e. The van der Waals surface area contributed by atoms with E-state index >= 15 is 0 Å². The van der Waals surface area contributed by atoms with E-state index in [-0.39, 0.29) is 6.10 Å². The summed E-state index contributed by atoms with van der Waals surface area (Å²) in [6.07, 6.45) is 15.8. The Bertz CT molecular complexity index is 536. The molecule has 0 amide bonds. The van der Waals surface area contributed by atoms with Gasteiger partial charge in [-0.1, -0.05) is 52.2 Å². The molecule has 0 saturated heterocycles. The average Bonchev–Trinajstić information content (AvgIpc) is 2.93. The number of fused-ring (bicyclic) bond motifs is 5. The third-order valence-corrected chi connectivity index (χ3v) is 9.50. The zero-order valence-electron chi connectivity index (χ0n) is 17.1. The van der Waals surface area contributed by atoms with Gasteiger partial charge in [0.2, 0.25) is 0 Å². The lowest BCUT2D eigenvalue weighted by Crippen LogP contribution is -2.48. The van der Waals surface area contributed by atoms with Crippen LogP contribution in [0.25, 0.3) is 0 Å². The molecule has 4 aliphatic carbocycles. The van der Waals surface area contributed by atoms with Crippen LogP contribution in [0.4, 0.5) is 0 Å². The third-order valence-electron chi connectivity index (χ3n) is 9.50. The predicted octanol–water partition coefficient (Wildman–Crippen LogP) is 6.36. The third kappa shape index (κ3) is 2.67. The quantitative estimate of drug-likeness (QED) is 0.590. The van der Waals surface area contributed by atoms with Crippen molar-refractivity contribution < 1.29 is 5.11 Å². The van der Waals surface area contributed by atoms with Gasteiger partial charge in [0.25, 0.3) is 0 Å². The second kappa shape index (κ2) is 6.39. The Hall–Kier alpha value is -0.300. The first-order valence-corrected chi connectivity index (χ1v) is 11.3. The first kappa shape index (κ1) is 18.1. The van der Waals surface area contributed by atoms with Crippen molar-refractivity contribution in [1.82, 2.24) is 0 Å². The Morgan fingerprint density at radius 1 is 1.16 bits per heavy atom. The first-order valence-electron chi connectivity index (χ1n) is 11.3. The molecule has 1 heteroatoms. The van der Waals surface area contributed by atoms with Crippen LogP contribution in [-0.2, 0) is 0 Å². The van der Waals surface area contributed by atoms with E-state index in [1.165, 1.54) is 51.4 Å². The fraction of sp³-hybridized carbons (Fsp3) is 0.917. The Balaban J connectivity index is 1.62. The summed E-state index contributed by atoms with van der Waals surface area (Å²) in [7, 11) is 0. The molecule has 25 heavy (non-hydrogen) atoms. The molecule has 0 aromatic rings. The van der Waals surface area contributed by atoms with E-state index in [1.807, 2.05) is 5.57 Å². The normalized spacial score (nSPS) is 50.4. The van der Waals surface area contributed by atoms with Crippen LogP contribution < -0.4 is 0 Å². The topological polar surface area (TPSA) is 20.2 Å². The molecule has 0 aromatic carbocycles. The average molecular weight is 345 g/mol. The van der Waals surface area contributed by atoms with Crippen LogP contribution in [0.15, 0.2) is 11.6 Å². The Kier molecular flexibility index (Phi) is 4.63. The maximum Gasteiger partial charge on any atom is 0.0543 e. The lowest BCUT2D eigenvalue weighted by molar-refractivity contribution is -0.0157. The Morgan fingerprint density at radius 3 is 2.72 bits per heavy atom. The number of aliphatic hydroxyl groups is 1. The molecule has 1 nitrogen and oxygen atoms in total. The molecule has 4 rings (SSSR count). The van der Waals surface area contributed by atoms with E-state index < -0.39 is 0 Å². The van der Waals surface area contributed by atoms with Gasteiger partial charge in [-0.2, -0.15) is 0 Å². The molecular formula is C24H40O. The fourth-order valence-corrected chi connectivity index (χ4v) is 8.13. The molecule has 0 bridgehead atoms. The van der Waals surface area contributed by atoms with E-state index in [2.05, 4.69) is 33.8 Å². The largest absolute Gasteiger partial charge is 0.393 e. The van der Waals surface area contributed by atoms with Crippen LogP contribution in [0, 0.1) is 40.4 Å². The molecule has 3 unspecified atom stereocenters. The van der Waals surface area contributed by atoms with E-state index in [1.54, 1.807) is 0 Å². The molecule has 0 aliphatic heterocycles. The maximum absolute atomic E-state index is 10.2. The zero-order valence-corrected chi connectivity index (χ0v) is 17.1. The van der Waals surface area contributed by atoms with Crippen LogP contribution in [0.3, 0.4) is 0 Å². The molecule has 142 valence electrons. The van der Waals surface area contributed by atoms with Crippen molar-refractivity contribution in [2.45, 2.75) is 98.0 Å².